The van der Waals surface area contributed by atoms with Gasteiger partial charge in [-0.2, -0.15) is 5.26 Å². The summed E-state index contributed by atoms with van der Waals surface area (Å²) >= 11 is 0. The number of nitrogens with zero attached hydrogens (tertiary/aromatic N) is 2. The van der Waals surface area contributed by atoms with Gasteiger partial charge in [-0.25, -0.2) is 13.2 Å². The third kappa shape index (κ3) is 5.43. The summed E-state index contributed by atoms with van der Waals surface area (Å²) in [7, 11) is -2.18. The highest BCUT2D eigenvalue weighted by Gasteiger charge is 2.24. The molecule has 8 nitrogen and oxygen atoms in total. The van der Waals surface area contributed by atoms with Gasteiger partial charge in [0.1, 0.15) is 0 Å². The largest absolute Gasteiger partial charge is 0.457 e. The summed E-state index contributed by atoms with van der Waals surface area (Å²) in [6.07, 6.45) is 1.35. The maximum Gasteiger partial charge on any atom is 0.375 e. The van der Waals surface area contributed by atoms with Gasteiger partial charge < -0.3 is 14.1 Å². The van der Waals surface area contributed by atoms with Crippen molar-refractivity contribution in [2.24, 2.45) is 0 Å². The van der Waals surface area contributed by atoms with E-state index in [2.05, 4.69) is 0 Å². The van der Waals surface area contributed by atoms with E-state index in [0.717, 1.165) is 0 Å². The molecule has 0 spiro atoms. The number of hydrogen-bond donors (Lipinski definition) is 0. The molecule has 27 heavy (non-hydrogen) atoms. The van der Waals surface area contributed by atoms with E-state index >= 15 is 0 Å². The Morgan fingerprint density at radius 2 is 1.93 bits per heavy atom. The lowest BCUT2D eigenvalue weighted by molar-refractivity contribution is -0.133. The predicted octanol–water partition coefficient (Wildman–Crippen LogP) is 1.78. The van der Waals surface area contributed by atoms with Crippen molar-refractivity contribution in [3.63, 3.8) is 0 Å². The first kappa shape index (κ1) is 20.2. The minimum absolute atomic E-state index is 0.125. The number of likely N-dealkylation sites (N-methyl/N-ethyl adjacent to an activating group) is 1. The van der Waals surface area contributed by atoms with Crippen LogP contribution in [0.15, 0.2) is 52.0 Å². The molecule has 1 aromatic heterocycles. The van der Waals surface area contributed by atoms with Gasteiger partial charge in [-0.1, -0.05) is 18.2 Å². The average Bonchev–Trinajstić information content (AvgIpc) is 3.12. The number of esters is 1. The molecule has 0 radical (unpaired) electrons. The Labute approximate surface area is 156 Å². The molecule has 0 aliphatic heterocycles. The minimum atomic E-state index is -3.67. The number of ether oxygens (including phenoxy) is 1. The molecule has 2 rings (SSSR count). The van der Waals surface area contributed by atoms with Gasteiger partial charge in [-0.15, -0.1) is 0 Å². The van der Waals surface area contributed by atoms with Crippen LogP contribution in [0.25, 0.3) is 0 Å². The van der Waals surface area contributed by atoms with E-state index in [9.17, 15) is 18.0 Å². The van der Waals surface area contributed by atoms with Crippen LogP contribution < -0.4 is 0 Å². The molecule has 9 heteroatoms. The van der Waals surface area contributed by atoms with Crippen molar-refractivity contribution in [1.29, 1.82) is 5.26 Å². The van der Waals surface area contributed by atoms with Crippen LogP contribution in [0.3, 0.4) is 0 Å². The monoisotopic (exact) mass is 390 g/mol. The Kier molecular flexibility index (Phi) is 6.73. The molecule has 1 aromatic carbocycles. The number of carbonyl (C=O) groups excluding carboxylic acids is 2. The van der Waals surface area contributed by atoms with Crippen LogP contribution in [-0.2, 0) is 25.1 Å². The summed E-state index contributed by atoms with van der Waals surface area (Å²) in [5.41, 5.74) is 0.147. The van der Waals surface area contributed by atoms with Gasteiger partial charge in [-0.3, -0.25) is 4.79 Å². The highest BCUT2D eigenvalue weighted by atomic mass is 32.2. The zero-order chi connectivity index (χ0) is 19.9. The molecular formula is C18H18N2O6S. The quantitative estimate of drug-likeness (QED) is 0.631. The van der Waals surface area contributed by atoms with Crippen molar-refractivity contribution in [3.8, 4) is 6.07 Å². The fraction of sp³-hybridized carbons (Fsp3) is 0.278. The van der Waals surface area contributed by atoms with Gasteiger partial charge in [0.15, 0.2) is 16.4 Å². The molecule has 0 N–H and O–H groups in total. The van der Waals surface area contributed by atoms with Crippen LogP contribution in [0.2, 0.25) is 0 Å². The van der Waals surface area contributed by atoms with E-state index < -0.39 is 34.1 Å². The summed E-state index contributed by atoms with van der Waals surface area (Å²) in [5.74, 6) is -2.11. The van der Waals surface area contributed by atoms with Crippen LogP contribution in [0.4, 0.5) is 0 Å². The van der Waals surface area contributed by atoms with Gasteiger partial charge in [0.25, 0.3) is 5.91 Å². The molecule has 0 aliphatic carbocycles. The average molecular weight is 390 g/mol. The van der Waals surface area contributed by atoms with Crippen molar-refractivity contribution in [2.45, 2.75) is 17.1 Å². The maximum atomic E-state index is 12.4. The highest BCUT2D eigenvalue weighted by Crippen LogP contribution is 2.20. The van der Waals surface area contributed by atoms with E-state index in [1.807, 2.05) is 6.07 Å². The fourth-order valence-corrected chi connectivity index (χ4v) is 3.56. The maximum absolute atomic E-state index is 12.4. The molecule has 1 amide bonds. The summed E-state index contributed by atoms with van der Waals surface area (Å²) in [6, 6.07) is 11.1. The predicted molar refractivity (Wildman–Crippen MR) is 94.2 cm³/mol. The SMILES string of the molecule is CN(CCC#N)C(=O)COC(=O)c1occc1CS(=O)(=O)c1ccccc1. The van der Waals surface area contributed by atoms with Crippen molar-refractivity contribution in [1.82, 2.24) is 4.90 Å². The first-order valence-corrected chi connectivity index (χ1v) is 9.62. The third-order valence-corrected chi connectivity index (χ3v) is 5.37. The summed E-state index contributed by atoms with van der Waals surface area (Å²) < 4.78 is 34.9. The van der Waals surface area contributed by atoms with E-state index in [1.54, 1.807) is 18.2 Å². The molecule has 1 heterocycles. The van der Waals surface area contributed by atoms with E-state index in [0.29, 0.717) is 0 Å². The molecule has 0 aliphatic rings. The topological polar surface area (TPSA) is 118 Å². The van der Waals surface area contributed by atoms with Crippen molar-refractivity contribution in [2.75, 3.05) is 20.2 Å². The summed E-state index contributed by atoms with van der Waals surface area (Å²) in [6.45, 7) is -0.319. The second-order valence-electron chi connectivity index (χ2n) is 5.65. The molecule has 0 saturated heterocycles. The number of nitriles is 1. The van der Waals surface area contributed by atoms with Crippen LogP contribution in [0.1, 0.15) is 22.5 Å². The van der Waals surface area contributed by atoms with E-state index in [4.69, 9.17) is 14.4 Å². The molecule has 0 unspecified atom stereocenters. The second kappa shape index (κ2) is 9.00. The molecule has 0 fully saturated rings. The van der Waals surface area contributed by atoms with Gasteiger partial charge in [0, 0.05) is 19.2 Å². The first-order valence-electron chi connectivity index (χ1n) is 7.97. The molecule has 0 atom stereocenters. The number of furan rings is 1. The Balaban J connectivity index is 2.03. The number of hydrogen-bond acceptors (Lipinski definition) is 7. The van der Waals surface area contributed by atoms with Crippen molar-refractivity contribution in [3.05, 3.63) is 54.0 Å². The third-order valence-electron chi connectivity index (χ3n) is 3.69. The van der Waals surface area contributed by atoms with E-state index in [1.165, 1.54) is 36.4 Å². The van der Waals surface area contributed by atoms with Gasteiger partial charge in [0.05, 0.1) is 29.4 Å². The Morgan fingerprint density at radius 3 is 2.59 bits per heavy atom. The standard InChI is InChI=1S/C18H18N2O6S/c1-20(10-5-9-19)16(21)12-26-18(22)17-14(8-11-25-17)13-27(23,24)15-6-3-2-4-7-15/h2-4,6-8,11H,5,10,12-13H2,1H3. The van der Waals surface area contributed by atoms with Crippen LogP contribution in [0.5, 0.6) is 0 Å². The van der Waals surface area contributed by atoms with Crippen LogP contribution >= 0.6 is 0 Å². The molecule has 142 valence electrons. The lowest BCUT2D eigenvalue weighted by Crippen LogP contribution is -2.32. The Hall–Kier alpha value is -3.12. The lowest BCUT2D eigenvalue weighted by atomic mass is 10.3. The summed E-state index contributed by atoms with van der Waals surface area (Å²) in [5, 5.41) is 8.51. The molecular weight excluding hydrogens is 372 g/mol. The number of sulfone groups is 1. The van der Waals surface area contributed by atoms with Gasteiger partial charge >= 0.3 is 5.97 Å². The first-order chi connectivity index (χ1) is 12.8. The van der Waals surface area contributed by atoms with Gasteiger partial charge in [-0.05, 0) is 18.2 Å². The van der Waals surface area contributed by atoms with Crippen molar-refractivity contribution >= 4 is 21.7 Å². The van der Waals surface area contributed by atoms with Crippen LogP contribution in [-0.4, -0.2) is 45.4 Å². The Morgan fingerprint density at radius 1 is 1.22 bits per heavy atom. The minimum Gasteiger partial charge on any atom is -0.457 e. The zero-order valence-electron chi connectivity index (χ0n) is 14.6. The zero-order valence-corrected chi connectivity index (χ0v) is 15.4. The van der Waals surface area contributed by atoms with Gasteiger partial charge in [0.2, 0.25) is 5.76 Å². The summed E-state index contributed by atoms with van der Waals surface area (Å²) in [4.78, 5) is 25.4. The molecule has 0 bridgehead atoms. The smallest absolute Gasteiger partial charge is 0.375 e. The number of rotatable bonds is 8. The highest BCUT2D eigenvalue weighted by molar-refractivity contribution is 7.90. The lowest BCUT2D eigenvalue weighted by Gasteiger charge is -2.15. The normalized spacial score (nSPS) is 10.8. The molecule has 2 aromatic rings. The van der Waals surface area contributed by atoms with E-state index in [-0.39, 0.29) is 29.2 Å². The van der Waals surface area contributed by atoms with Crippen LogP contribution in [0, 0.1) is 11.3 Å². The van der Waals surface area contributed by atoms with Crippen molar-refractivity contribution < 1.29 is 27.2 Å². The number of carbonyl (C=O) groups is 2. The molecule has 0 saturated carbocycles. The fourth-order valence-electron chi connectivity index (χ4n) is 2.19. The number of amides is 1. The second-order valence-corrected chi connectivity index (χ2v) is 7.64. The Bertz CT molecular complexity index is 944. The number of benzene rings is 1.